The molecule has 0 radical (unpaired) electrons. The van der Waals surface area contributed by atoms with Crippen LogP contribution < -0.4 is 10.2 Å². The van der Waals surface area contributed by atoms with Gasteiger partial charge in [0.25, 0.3) is 0 Å². The highest BCUT2D eigenvalue weighted by atomic mass is 32.1. The summed E-state index contributed by atoms with van der Waals surface area (Å²) >= 11 is 1.33. The van der Waals surface area contributed by atoms with Gasteiger partial charge in [-0.15, -0.1) is 0 Å². The number of carbonyl (C=O) groups is 1. The quantitative estimate of drug-likeness (QED) is 0.858. The van der Waals surface area contributed by atoms with Gasteiger partial charge in [0.15, 0.2) is 0 Å². The number of halogens is 1. The van der Waals surface area contributed by atoms with Gasteiger partial charge in [0, 0.05) is 31.0 Å². The molecule has 1 saturated heterocycles. The lowest BCUT2D eigenvalue weighted by Gasteiger charge is -2.23. The molecule has 7 heteroatoms. The molecule has 0 bridgehead atoms. The summed E-state index contributed by atoms with van der Waals surface area (Å²) in [5.41, 5.74) is 0.971. The van der Waals surface area contributed by atoms with E-state index in [4.69, 9.17) is 0 Å². The van der Waals surface area contributed by atoms with Crippen LogP contribution in [0.2, 0.25) is 0 Å². The largest absolute Gasteiger partial charge is 0.354 e. The van der Waals surface area contributed by atoms with Crippen molar-refractivity contribution < 1.29 is 9.18 Å². The fourth-order valence-corrected chi connectivity index (χ4v) is 3.67. The third-order valence-corrected chi connectivity index (χ3v) is 5.01. The van der Waals surface area contributed by atoms with Crippen LogP contribution in [0.15, 0.2) is 24.3 Å². The van der Waals surface area contributed by atoms with Gasteiger partial charge in [-0.3, -0.25) is 4.79 Å². The molecule has 0 unspecified atom stereocenters. The molecular weight excluding hydrogens is 339 g/mol. The Morgan fingerprint density at radius 2 is 2.16 bits per heavy atom. The van der Waals surface area contributed by atoms with E-state index in [0.717, 1.165) is 30.1 Å². The molecule has 3 rings (SSSR count). The maximum Gasteiger partial charge on any atom is 0.242 e. The zero-order valence-electron chi connectivity index (χ0n) is 14.5. The van der Waals surface area contributed by atoms with E-state index >= 15 is 0 Å². The summed E-state index contributed by atoms with van der Waals surface area (Å²) in [4.78, 5) is 19.1. The van der Waals surface area contributed by atoms with Crippen molar-refractivity contribution in [3.63, 3.8) is 0 Å². The number of amides is 1. The maximum absolute atomic E-state index is 13.0. The Labute approximate surface area is 151 Å². The lowest BCUT2D eigenvalue weighted by molar-refractivity contribution is -0.122. The standard InChI is InChI=1S/C18H23FN4OS/c1-12(2)11-20-17(24)15-4-3-9-23(15)18-21-16(22-25-18)10-13-5-7-14(19)8-6-13/h5-8,12,15H,3-4,9-11H2,1-2H3,(H,20,24)/t15-/m0/s1. The summed E-state index contributed by atoms with van der Waals surface area (Å²) in [6.45, 7) is 5.68. The van der Waals surface area contributed by atoms with Crippen molar-refractivity contribution >= 4 is 22.6 Å². The molecule has 25 heavy (non-hydrogen) atoms. The minimum atomic E-state index is -0.247. The molecule has 1 aliphatic heterocycles. The van der Waals surface area contributed by atoms with Crippen molar-refractivity contribution in [2.75, 3.05) is 18.0 Å². The van der Waals surface area contributed by atoms with E-state index in [9.17, 15) is 9.18 Å². The average Bonchev–Trinajstić information content (AvgIpc) is 3.23. The average molecular weight is 362 g/mol. The molecule has 0 saturated carbocycles. The first-order valence-electron chi connectivity index (χ1n) is 8.64. The fraction of sp³-hybridized carbons (Fsp3) is 0.500. The number of nitrogens with zero attached hydrogens (tertiary/aromatic N) is 3. The minimum absolute atomic E-state index is 0.0708. The summed E-state index contributed by atoms with van der Waals surface area (Å²) in [7, 11) is 0. The van der Waals surface area contributed by atoms with Gasteiger partial charge in [0.05, 0.1) is 0 Å². The van der Waals surface area contributed by atoms with Crippen LogP contribution in [0.4, 0.5) is 9.52 Å². The first-order chi connectivity index (χ1) is 12.0. The van der Waals surface area contributed by atoms with Crippen LogP contribution in [0.1, 0.15) is 38.1 Å². The van der Waals surface area contributed by atoms with Crippen LogP contribution in [0, 0.1) is 11.7 Å². The third-order valence-electron chi connectivity index (χ3n) is 4.22. The van der Waals surface area contributed by atoms with Crippen LogP contribution in [-0.2, 0) is 11.2 Å². The molecule has 0 aliphatic carbocycles. The van der Waals surface area contributed by atoms with Crippen molar-refractivity contribution in [2.24, 2.45) is 5.92 Å². The normalized spacial score (nSPS) is 17.3. The number of carbonyl (C=O) groups excluding carboxylic acids is 1. The molecule has 1 aromatic carbocycles. The smallest absolute Gasteiger partial charge is 0.242 e. The predicted molar refractivity (Wildman–Crippen MR) is 97.3 cm³/mol. The van der Waals surface area contributed by atoms with Crippen LogP contribution in [0.3, 0.4) is 0 Å². The van der Waals surface area contributed by atoms with Crippen LogP contribution in [0.25, 0.3) is 0 Å². The Kier molecular flexibility index (Phi) is 5.63. The molecule has 5 nitrogen and oxygen atoms in total. The first-order valence-corrected chi connectivity index (χ1v) is 9.41. The summed E-state index contributed by atoms with van der Waals surface area (Å²) in [6, 6.07) is 6.21. The Morgan fingerprint density at radius 1 is 1.40 bits per heavy atom. The second-order valence-corrected chi connectivity index (χ2v) is 7.52. The third kappa shape index (κ3) is 4.54. The van der Waals surface area contributed by atoms with Crippen molar-refractivity contribution in [1.29, 1.82) is 0 Å². The van der Waals surface area contributed by atoms with E-state index in [-0.39, 0.29) is 17.8 Å². The minimum Gasteiger partial charge on any atom is -0.354 e. The van der Waals surface area contributed by atoms with E-state index in [2.05, 4.69) is 33.4 Å². The lowest BCUT2D eigenvalue weighted by atomic mass is 10.1. The molecule has 2 aromatic rings. The van der Waals surface area contributed by atoms with Crippen molar-refractivity contribution in [2.45, 2.75) is 39.2 Å². The zero-order valence-corrected chi connectivity index (χ0v) is 15.4. The highest BCUT2D eigenvalue weighted by Crippen LogP contribution is 2.27. The highest BCUT2D eigenvalue weighted by molar-refractivity contribution is 7.09. The van der Waals surface area contributed by atoms with E-state index in [1.54, 1.807) is 12.1 Å². The number of rotatable bonds is 6. The topological polar surface area (TPSA) is 58.1 Å². The molecule has 1 amide bonds. The molecule has 134 valence electrons. The second kappa shape index (κ2) is 7.91. The Bertz CT molecular complexity index is 716. The van der Waals surface area contributed by atoms with Crippen LogP contribution in [0.5, 0.6) is 0 Å². The molecule has 1 aliphatic rings. The Hall–Kier alpha value is -2.02. The van der Waals surface area contributed by atoms with Gasteiger partial charge in [-0.1, -0.05) is 26.0 Å². The van der Waals surface area contributed by atoms with Gasteiger partial charge in [0.2, 0.25) is 11.0 Å². The van der Waals surface area contributed by atoms with Gasteiger partial charge in [0.1, 0.15) is 17.7 Å². The monoisotopic (exact) mass is 362 g/mol. The molecule has 1 aromatic heterocycles. The Balaban J connectivity index is 1.66. The first kappa shape index (κ1) is 17.8. The molecular formula is C18H23FN4OS. The predicted octanol–water partition coefficient (Wildman–Crippen LogP) is 3.01. The van der Waals surface area contributed by atoms with Crippen LogP contribution in [-0.4, -0.2) is 34.4 Å². The lowest BCUT2D eigenvalue weighted by Crippen LogP contribution is -2.44. The fourth-order valence-electron chi connectivity index (χ4n) is 2.91. The zero-order chi connectivity index (χ0) is 17.8. The SMILES string of the molecule is CC(C)CNC(=O)[C@@H]1CCCN1c1nc(Cc2ccc(F)cc2)ns1. The van der Waals surface area contributed by atoms with Crippen molar-refractivity contribution in [3.05, 3.63) is 41.5 Å². The number of hydrogen-bond donors (Lipinski definition) is 1. The van der Waals surface area contributed by atoms with Crippen molar-refractivity contribution in [3.8, 4) is 0 Å². The summed E-state index contributed by atoms with van der Waals surface area (Å²) in [6.07, 6.45) is 2.39. The van der Waals surface area contributed by atoms with E-state index in [1.807, 2.05) is 0 Å². The molecule has 0 spiro atoms. The van der Waals surface area contributed by atoms with Gasteiger partial charge in [-0.25, -0.2) is 9.37 Å². The Morgan fingerprint density at radius 3 is 2.88 bits per heavy atom. The summed E-state index contributed by atoms with van der Waals surface area (Å²) in [5.74, 6) is 0.965. The molecule has 1 N–H and O–H groups in total. The van der Waals surface area contributed by atoms with Gasteiger partial charge >= 0.3 is 0 Å². The van der Waals surface area contributed by atoms with Gasteiger partial charge in [-0.2, -0.15) is 4.37 Å². The van der Waals surface area contributed by atoms with Gasteiger partial charge in [-0.05, 0) is 36.5 Å². The molecule has 2 heterocycles. The van der Waals surface area contributed by atoms with Crippen LogP contribution >= 0.6 is 11.5 Å². The molecule has 1 fully saturated rings. The number of aromatic nitrogens is 2. The maximum atomic E-state index is 13.0. The number of anilines is 1. The number of nitrogens with one attached hydrogen (secondary N) is 1. The van der Waals surface area contributed by atoms with E-state index < -0.39 is 0 Å². The van der Waals surface area contributed by atoms with Gasteiger partial charge < -0.3 is 10.2 Å². The summed E-state index contributed by atoms with van der Waals surface area (Å²) < 4.78 is 17.4. The number of hydrogen-bond acceptors (Lipinski definition) is 5. The molecule has 1 atom stereocenters. The van der Waals surface area contributed by atoms with Crippen molar-refractivity contribution in [1.82, 2.24) is 14.7 Å². The van der Waals surface area contributed by atoms with E-state index in [0.29, 0.717) is 24.7 Å². The van der Waals surface area contributed by atoms with E-state index in [1.165, 1.54) is 23.7 Å². The highest BCUT2D eigenvalue weighted by Gasteiger charge is 2.32. The number of benzene rings is 1. The summed E-state index contributed by atoms with van der Waals surface area (Å²) in [5, 5.41) is 3.81. The second-order valence-electron chi connectivity index (χ2n) is 6.79.